The first-order valence-electron chi connectivity index (χ1n) is 10.3. The zero-order valence-electron chi connectivity index (χ0n) is 18.4. The number of aryl methyl sites for hydroxylation is 3. The topological polar surface area (TPSA) is 60.7 Å². The van der Waals surface area contributed by atoms with Crippen LogP contribution in [0.4, 0.5) is 0 Å². The van der Waals surface area contributed by atoms with E-state index < -0.39 is 0 Å². The summed E-state index contributed by atoms with van der Waals surface area (Å²) < 4.78 is 0. The van der Waals surface area contributed by atoms with E-state index in [1.165, 1.54) is 37.8 Å². The third-order valence-corrected chi connectivity index (χ3v) is 5.56. The Bertz CT molecular complexity index is 664. The van der Waals surface area contributed by atoms with E-state index in [4.69, 9.17) is 15.3 Å². The van der Waals surface area contributed by atoms with Crippen molar-refractivity contribution in [2.75, 3.05) is 0 Å². The van der Waals surface area contributed by atoms with Gasteiger partial charge in [0.05, 0.1) is 0 Å². The van der Waals surface area contributed by atoms with E-state index in [-0.39, 0.29) is 11.5 Å². The molecule has 0 spiro atoms. The number of benzene rings is 2. The lowest BCUT2D eigenvalue weighted by atomic mass is 9.78. The highest BCUT2D eigenvalue weighted by molar-refractivity contribution is 5.37. The highest BCUT2D eigenvalue weighted by atomic mass is 16.3. The molecule has 0 aromatic heterocycles. The fourth-order valence-corrected chi connectivity index (χ4v) is 3.27. The Morgan fingerprint density at radius 1 is 0.750 bits per heavy atom. The zero-order valence-corrected chi connectivity index (χ0v) is 18.4. The molecular formula is C25H38O3. The van der Waals surface area contributed by atoms with Gasteiger partial charge in [-0.15, -0.1) is 0 Å². The number of hydrogen-bond donors (Lipinski definition) is 3. The number of rotatable bonds is 1. The van der Waals surface area contributed by atoms with Crippen LogP contribution in [0.25, 0.3) is 0 Å². The zero-order chi connectivity index (χ0) is 21.3. The van der Waals surface area contributed by atoms with Gasteiger partial charge in [0.2, 0.25) is 0 Å². The lowest BCUT2D eigenvalue weighted by molar-refractivity contribution is 0.234. The molecule has 0 unspecified atom stereocenters. The molecule has 1 fully saturated rings. The van der Waals surface area contributed by atoms with E-state index in [1.54, 1.807) is 19.1 Å². The molecule has 2 aromatic carbocycles. The van der Waals surface area contributed by atoms with Crippen molar-refractivity contribution in [2.45, 2.75) is 67.2 Å². The van der Waals surface area contributed by atoms with Gasteiger partial charge in [-0.05, 0) is 80.2 Å². The van der Waals surface area contributed by atoms with E-state index in [1.807, 2.05) is 26.0 Å². The Morgan fingerprint density at radius 2 is 1.25 bits per heavy atom. The minimum Gasteiger partial charge on any atom is -0.508 e. The molecule has 0 aliphatic heterocycles. The summed E-state index contributed by atoms with van der Waals surface area (Å²) in [4.78, 5) is 0. The molecule has 1 aliphatic carbocycles. The second-order valence-electron chi connectivity index (χ2n) is 8.52. The molecule has 0 amide bonds. The van der Waals surface area contributed by atoms with Crippen LogP contribution in [0.1, 0.15) is 63.1 Å². The smallest absolute Gasteiger partial charge is 0.122 e. The summed E-state index contributed by atoms with van der Waals surface area (Å²) in [6.45, 7) is 12.7. The predicted octanol–water partition coefficient (Wildman–Crippen LogP) is 6.88. The molecule has 156 valence electrons. The maximum absolute atomic E-state index is 9.10. The van der Waals surface area contributed by atoms with Crippen LogP contribution in [0.15, 0.2) is 36.4 Å². The lowest BCUT2D eigenvalue weighted by Crippen LogP contribution is -2.16. The standard InChI is InChI=1S/C10H20.C8H10O.C7H8O2/c1-8(2)10-6-4-9(3)5-7-10;1-6-3-4-7(2)8(9)5-6;1-5-2-3-6(8)4-7(5)9/h8-10H,4-7H2,1-3H3;3-5,9H,1-2H3;2-4,8-9H,1H3. The fraction of sp³-hybridized carbons (Fsp3) is 0.520. The summed E-state index contributed by atoms with van der Waals surface area (Å²) in [5.74, 6) is 3.58. The lowest BCUT2D eigenvalue weighted by Gasteiger charge is -2.28. The fourth-order valence-electron chi connectivity index (χ4n) is 3.27. The molecule has 1 saturated carbocycles. The summed E-state index contributed by atoms with van der Waals surface area (Å²) in [6, 6.07) is 10.2. The quantitative estimate of drug-likeness (QED) is 0.500. The van der Waals surface area contributed by atoms with Gasteiger partial charge in [0.25, 0.3) is 0 Å². The van der Waals surface area contributed by atoms with Crippen LogP contribution in [-0.4, -0.2) is 15.3 Å². The van der Waals surface area contributed by atoms with Crippen LogP contribution >= 0.6 is 0 Å². The van der Waals surface area contributed by atoms with Gasteiger partial charge >= 0.3 is 0 Å². The van der Waals surface area contributed by atoms with Gasteiger partial charge in [-0.25, -0.2) is 0 Å². The molecule has 3 nitrogen and oxygen atoms in total. The number of hydrogen-bond acceptors (Lipinski definition) is 3. The van der Waals surface area contributed by atoms with Crippen molar-refractivity contribution in [3.8, 4) is 17.2 Å². The summed E-state index contributed by atoms with van der Waals surface area (Å²) in [5.41, 5.74) is 2.80. The average Bonchev–Trinajstić information content (AvgIpc) is 2.63. The van der Waals surface area contributed by atoms with Crippen molar-refractivity contribution in [1.82, 2.24) is 0 Å². The molecule has 0 radical (unpaired) electrons. The minimum absolute atomic E-state index is 0.0955. The van der Waals surface area contributed by atoms with Crippen LogP contribution in [-0.2, 0) is 0 Å². The molecule has 3 heteroatoms. The largest absolute Gasteiger partial charge is 0.508 e. The van der Waals surface area contributed by atoms with Gasteiger partial charge in [-0.3, -0.25) is 0 Å². The van der Waals surface area contributed by atoms with Crippen molar-refractivity contribution in [3.63, 3.8) is 0 Å². The van der Waals surface area contributed by atoms with Gasteiger partial charge in [0.15, 0.2) is 0 Å². The Hall–Kier alpha value is -2.16. The van der Waals surface area contributed by atoms with Gasteiger partial charge in [0, 0.05) is 6.07 Å². The first kappa shape index (κ1) is 23.9. The number of aromatic hydroxyl groups is 3. The molecule has 2 aromatic rings. The third-order valence-electron chi connectivity index (χ3n) is 5.56. The van der Waals surface area contributed by atoms with E-state index in [0.29, 0.717) is 5.75 Å². The van der Waals surface area contributed by atoms with E-state index in [0.717, 1.165) is 34.4 Å². The normalized spacial score (nSPS) is 18.5. The Labute approximate surface area is 171 Å². The van der Waals surface area contributed by atoms with Crippen molar-refractivity contribution < 1.29 is 15.3 Å². The van der Waals surface area contributed by atoms with Crippen LogP contribution in [0.2, 0.25) is 0 Å². The third kappa shape index (κ3) is 8.69. The van der Waals surface area contributed by atoms with E-state index in [2.05, 4.69) is 20.8 Å². The maximum atomic E-state index is 9.10. The Balaban J connectivity index is 0.000000210. The summed E-state index contributed by atoms with van der Waals surface area (Å²) >= 11 is 0. The summed E-state index contributed by atoms with van der Waals surface area (Å²) in [6.07, 6.45) is 5.92. The number of phenols is 3. The molecule has 28 heavy (non-hydrogen) atoms. The minimum atomic E-state index is 0.0955. The van der Waals surface area contributed by atoms with E-state index >= 15 is 0 Å². The Kier molecular flexibility index (Phi) is 9.92. The first-order chi connectivity index (χ1) is 13.1. The molecule has 0 bridgehead atoms. The van der Waals surface area contributed by atoms with Gasteiger partial charge < -0.3 is 15.3 Å². The van der Waals surface area contributed by atoms with Crippen molar-refractivity contribution in [1.29, 1.82) is 0 Å². The first-order valence-corrected chi connectivity index (χ1v) is 10.3. The molecular weight excluding hydrogens is 348 g/mol. The summed E-state index contributed by atoms with van der Waals surface area (Å²) in [5, 5.41) is 26.8. The Morgan fingerprint density at radius 3 is 1.64 bits per heavy atom. The molecule has 0 atom stereocenters. The van der Waals surface area contributed by atoms with Crippen LogP contribution in [0, 0.1) is 38.5 Å². The predicted molar refractivity (Wildman–Crippen MR) is 118 cm³/mol. The summed E-state index contributed by atoms with van der Waals surface area (Å²) in [7, 11) is 0. The van der Waals surface area contributed by atoms with Gasteiger partial charge in [-0.1, -0.05) is 51.8 Å². The number of phenolic OH excluding ortho intramolecular Hbond substituents is 3. The molecule has 0 heterocycles. The van der Waals surface area contributed by atoms with Crippen molar-refractivity contribution in [2.24, 2.45) is 17.8 Å². The van der Waals surface area contributed by atoms with Crippen molar-refractivity contribution in [3.05, 3.63) is 53.1 Å². The maximum Gasteiger partial charge on any atom is 0.122 e. The average molecular weight is 387 g/mol. The van der Waals surface area contributed by atoms with Crippen LogP contribution < -0.4 is 0 Å². The highest BCUT2D eigenvalue weighted by Gasteiger charge is 2.20. The van der Waals surface area contributed by atoms with Gasteiger partial charge in [-0.2, -0.15) is 0 Å². The van der Waals surface area contributed by atoms with Crippen molar-refractivity contribution >= 4 is 0 Å². The SMILES string of the molecule is CC1CCC(C(C)C)CC1.Cc1ccc(C)c(O)c1.Cc1ccc(O)cc1O. The molecule has 0 saturated heterocycles. The monoisotopic (exact) mass is 386 g/mol. The van der Waals surface area contributed by atoms with Crippen LogP contribution in [0.5, 0.6) is 17.2 Å². The highest BCUT2D eigenvalue weighted by Crippen LogP contribution is 2.32. The molecule has 3 rings (SSSR count). The van der Waals surface area contributed by atoms with Gasteiger partial charge in [0.1, 0.15) is 17.2 Å². The molecule has 3 N–H and O–H groups in total. The van der Waals surface area contributed by atoms with Crippen LogP contribution in [0.3, 0.4) is 0 Å². The second kappa shape index (κ2) is 11.6. The second-order valence-corrected chi connectivity index (χ2v) is 8.52. The molecule has 1 aliphatic rings. The van der Waals surface area contributed by atoms with E-state index in [9.17, 15) is 0 Å².